The molecule has 4 heteroatoms. The van der Waals surface area contributed by atoms with E-state index in [0.717, 1.165) is 36.1 Å². The second-order valence-corrected chi connectivity index (χ2v) is 5.44. The molecule has 1 aromatic carbocycles. The normalized spacial score (nSPS) is 23.2. The van der Waals surface area contributed by atoms with Crippen molar-refractivity contribution in [1.82, 2.24) is 9.88 Å². The number of aliphatic carboxylic acids is 1. The summed E-state index contributed by atoms with van der Waals surface area (Å²) in [5, 5.41) is 10.3. The smallest absolute Gasteiger partial charge is 0.308 e. The van der Waals surface area contributed by atoms with Crippen LogP contribution >= 0.6 is 0 Å². The van der Waals surface area contributed by atoms with Gasteiger partial charge in [-0.25, -0.2) is 0 Å². The van der Waals surface area contributed by atoms with Crippen LogP contribution in [-0.4, -0.2) is 33.5 Å². The summed E-state index contributed by atoms with van der Waals surface area (Å²) in [7, 11) is 0. The van der Waals surface area contributed by atoms with Crippen molar-refractivity contribution in [3.8, 4) is 0 Å². The summed E-state index contributed by atoms with van der Waals surface area (Å²) in [4.78, 5) is 18.0. The number of carboxylic acid groups (broad SMARTS) is 1. The van der Waals surface area contributed by atoms with Gasteiger partial charge in [0.1, 0.15) is 0 Å². The highest BCUT2D eigenvalue weighted by Crippen LogP contribution is 2.26. The van der Waals surface area contributed by atoms with Gasteiger partial charge in [-0.05, 0) is 32.0 Å². The van der Waals surface area contributed by atoms with Crippen LogP contribution in [0, 0.1) is 5.92 Å². The summed E-state index contributed by atoms with van der Waals surface area (Å²) in [6, 6.07) is 12.2. The van der Waals surface area contributed by atoms with Crippen LogP contribution in [0.1, 0.15) is 19.0 Å². The van der Waals surface area contributed by atoms with Crippen LogP contribution in [-0.2, 0) is 11.3 Å². The van der Waals surface area contributed by atoms with Gasteiger partial charge < -0.3 is 5.11 Å². The zero-order valence-electron chi connectivity index (χ0n) is 11.5. The summed E-state index contributed by atoms with van der Waals surface area (Å²) < 4.78 is 0. The molecule has 2 heterocycles. The van der Waals surface area contributed by atoms with Crippen molar-refractivity contribution in [2.45, 2.75) is 25.9 Å². The molecule has 3 rings (SSSR count). The molecule has 2 aromatic rings. The van der Waals surface area contributed by atoms with Crippen molar-refractivity contribution in [3.63, 3.8) is 0 Å². The first kappa shape index (κ1) is 13.1. The maximum absolute atomic E-state index is 11.1. The second kappa shape index (κ2) is 5.21. The van der Waals surface area contributed by atoms with Gasteiger partial charge in [0.25, 0.3) is 0 Å². The molecule has 20 heavy (non-hydrogen) atoms. The van der Waals surface area contributed by atoms with Crippen molar-refractivity contribution >= 4 is 16.9 Å². The topological polar surface area (TPSA) is 53.4 Å². The Morgan fingerprint density at radius 2 is 2.15 bits per heavy atom. The maximum atomic E-state index is 11.1. The molecule has 0 amide bonds. The van der Waals surface area contributed by atoms with Crippen LogP contribution in [0.3, 0.4) is 0 Å². The van der Waals surface area contributed by atoms with E-state index in [1.54, 1.807) is 0 Å². The number of rotatable bonds is 3. The number of aromatic nitrogens is 1. The van der Waals surface area contributed by atoms with Gasteiger partial charge in [-0.2, -0.15) is 0 Å². The summed E-state index contributed by atoms with van der Waals surface area (Å²) >= 11 is 0. The summed E-state index contributed by atoms with van der Waals surface area (Å²) in [5.74, 6) is -0.943. The minimum Gasteiger partial charge on any atom is -0.481 e. The third-order valence-corrected chi connectivity index (χ3v) is 4.22. The van der Waals surface area contributed by atoms with Crippen molar-refractivity contribution in [3.05, 3.63) is 42.1 Å². The largest absolute Gasteiger partial charge is 0.481 e. The molecule has 0 radical (unpaired) electrons. The zero-order chi connectivity index (χ0) is 14.1. The van der Waals surface area contributed by atoms with Crippen LogP contribution in [0.2, 0.25) is 0 Å². The average molecular weight is 270 g/mol. The van der Waals surface area contributed by atoms with Gasteiger partial charge in [-0.3, -0.25) is 14.7 Å². The fourth-order valence-electron chi connectivity index (χ4n) is 2.96. The fourth-order valence-corrected chi connectivity index (χ4v) is 2.96. The molecule has 2 atom stereocenters. The van der Waals surface area contributed by atoms with Gasteiger partial charge >= 0.3 is 5.97 Å². The summed E-state index contributed by atoms with van der Waals surface area (Å²) in [6.07, 6.45) is 0.726. The highest BCUT2D eigenvalue weighted by Gasteiger charge is 2.35. The Morgan fingerprint density at radius 3 is 2.90 bits per heavy atom. The Hall–Kier alpha value is -1.94. The lowest BCUT2D eigenvalue weighted by Gasteiger charge is -2.22. The minimum atomic E-state index is -0.688. The van der Waals surface area contributed by atoms with Crippen molar-refractivity contribution < 1.29 is 9.90 Å². The first-order valence-electron chi connectivity index (χ1n) is 6.96. The van der Waals surface area contributed by atoms with Gasteiger partial charge in [0.05, 0.1) is 17.1 Å². The van der Waals surface area contributed by atoms with Crippen LogP contribution in [0.25, 0.3) is 10.9 Å². The van der Waals surface area contributed by atoms with Crippen molar-refractivity contribution in [2.24, 2.45) is 5.92 Å². The molecule has 1 aliphatic rings. The SMILES string of the molecule is CC1C(C(=O)O)CCN1Cc1ccc2ccccc2n1. The lowest BCUT2D eigenvalue weighted by Crippen LogP contribution is -2.32. The van der Waals surface area contributed by atoms with Gasteiger partial charge in [0.15, 0.2) is 0 Å². The highest BCUT2D eigenvalue weighted by molar-refractivity contribution is 5.78. The lowest BCUT2D eigenvalue weighted by atomic mass is 10.0. The Morgan fingerprint density at radius 1 is 1.35 bits per heavy atom. The van der Waals surface area contributed by atoms with E-state index >= 15 is 0 Å². The lowest BCUT2D eigenvalue weighted by molar-refractivity contribution is -0.142. The molecule has 1 saturated heterocycles. The predicted octanol–water partition coefficient (Wildman–Crippen LogP) is 2.53. The van der Waals surface area contributed by atoms with Crippen LogP contribution in [0.5, 0.6) is 0 Å². The number of hydrogen-bond acceptors (Lipinski definition) is 3. The molecule has 104 valence electrons. The Kier molecular flexibility index (Phi) is 3.40. The van der Waals surface area contributed by atoms with E-state index in [2.05, 4.69) is 16.0 Å². The second-order valence-electron chi connectivity index (χ2n) is 5.44. The fraction of sp³-hybridized carbons (Fsp3) is 0.375. The van der Waals surface area contributed by atoms with Crippen LogP contribution < -0.4 is 0 Å². The predicted molar refractivity (Wildman–Crippen MR) is 77.4 cm³/mol. The number of benzene rings is 1. The molecule has 0 aliphatic carbocycles. The quantitative estimate of drug-likeness (QED) is 0.931. The van der Waals surface area contributed by atoms with Crippen molar-refractivity contribution in [1.29, 1.82) is 0 Å². The van der Waals surface area contributed by atoms with E-state index in [9.17, 15) is 4.79 Å². The molecule has 0 bridgehead atoms. The van der Waals surface area contributed by atoms with Gasteiger partial charge in [-0.1, -0.05) is 24.3 Å². The Labute approximate surface area is 118 Å². The van der Waals surface area contributed by atoms with Crippen LogP contribution in [0.4, 0.5) is 0 Å². The number of likely N-dealkylation sites (tertiary alicyclic amines) is 1. The molecular formula is C16H18N2O2. The van der Waals surface area contributed by atoms with E-state index in [1.165, 1.54) is 0 Å². The minimum absolute atomic E-state index is 0.0702. The first-order valence-corrected chi connectivity index (χ1v) is 6.96. The van der Waals surface area contributed by atoms with E-state index in [0.29, 0.717) is 0 Å². The van der Waals surface area contributed by atoms with E-state index in [-0.39, 0.29) is 12.0 Å². The van der Waals surface area contributed by atoms with Gasteiger partial charge in [0, 0.05) is 18.0 Å². The number of nitrogens with zero attached hydrogens (tertiary/aromatic N) is 2. The number of hydrogen-bond donors (Lipinski definition) is 1. The van der Waals surface area contributed by atoms with Crippen LogP contribution in [0.15, 0.2) is 36.4 Å². The van der Waals surface area contributed by atoms with E-state index in [4.69, 9.17) is 5.11 Å². The molecule has 1 aromatic heterocycles. The third kappa shape index (κ3) is 2.39. The van der Waals surface area contributed by atoms with E-state index < -0.39 is 5.97 Å². The summed E-state index contributed by atoms with van der Waals surface area (Å²) in [6.45, 7) is 3.54. The maximum Gasteiger partial charge on any atom is 0.308 e. The van der Waals surface area contributed by atoms with Gasteiger partial charge in [-0.15, -0.1) is 0 Å². The molecule has 4 nitrogen and oxygen atoms in total. The number of para-hydroxylation sites is 1. The average Bonchev–Trinajstić information content (AvgIpc) is 2.80. The molecule has 1 aliphatic heterocycles. The molecular weight excluding hydrogens is 252 g/mol. The molecule has 0 spiro atoms. The van der Waals surface area contributed by atoms with Gasteiger partial charge in [0.2, 0.25) is 0 Å². The number of carboxylic acids is 1. The molecule has 2 unspecified atom stereocenters. The van der Waals surface area contributed by atoms with E-state index in [1.807, 2.05) is 37.3 Å². The van der Waals surface area contributed by atoms with Crippen molar-refractivity contribution in [2.75, 3.05) is 6.54 Å². The Bertz CT molecular complexity index is 641. The molecule has 1 fully saturated rings. The standard InChI is InChI=1S/C16H18N2O2/c1-11-14(16(19)20)8-9-18(11)10-13-7-6-12-4-2-3-5-15(12)17-13/h2-7,11,14H,8-10H2,1H3,(H,19,20). The summed E-state index contributed by atoms with van der Waals surface area (Å²) in [5.41, 5.74) is 1.99. The number of fused-ring (bicyclic) bond motifs is 1. The number of carbonyl (C=O) groups is 1. The Balaban J connectivity index is 1.78. The monoisotopic (exact) mass is 270 g/mol. The third-order valence-electron chi connectivity index (χ3n) is 4.22. The molecule has 1 N–H and O–H groups in total. The first-order chi connectivity index (χ1) is 9.65. The molecule has 0 saturated carbocycles. The highest BCUT2D eigenvalue weighted by atomic mass is 16.4. The zero-order valence-corrected chi connectivity index (χ0v) is 11.5. The number of pyridine rings is 1.